The summed E-state index contributed by atoms with van der Waals surface area (Å²) in [6.45, 7) is 14.7. The number of likely N-dealkylation sites (tertiary alicyclic amines) is 1. The predicted octanol–water partition coefficient (Wildman–Crippen LogP) is 8.19. The van der Waals surface area contributed by atoms with Crippen LogP contribution in [0, 0.1) is 18.8 Å². The summed E-state index contributed by atoms with van der Waals surface area (Å²) in [6, 6.07) is 10.9. The summed E-state index contributed by atoms with van der Waals surface area (Å²) in [5, 5.41) is 7.63. The summed E-state index contributed by atoms with van der Waals surface area (Å²) in [6.07, 6.45) is 12.7. The van der Waals surface area contributed by atoms with Crippen molar-refractivity contribution in [3.05, 3.63) is 52.9 Å². The number of aryl methyl sites for hydroxylation is 1. The number of carbonyl (C=O) groups excluding carboxylic acids is 1. The second-order valence-corrected chi connectivity index (χ2v) is 15.9. The van der Waals surface area contributed by atoms with E-state index in [1.54, 1.807) is 11.3 Å². The number of nitrogens with one attached hydrogen (secondary N) is 1. The highest BCUT2D eigenvalue weighted by molar-refractivity contribution is 7.13. The maximum absolute atomic E-state index is 13.3. The van der Waals surface area contributed by atoms with Crippen molar-refractivity contribution < 1.29 is 14.1 Å². The predicted molar refractivity (Wildman–Crippen MR) is 195 cm³/mol. The Labute approximate surface area is 292 Å². The molecule has 1 amide bonds. The van der Waals surface area contributed by atoms with E-state index >= 15 is 0 Å². The molecule has 8 nitrogen and oxygen atoms in total. The van der Waals surface area contributed by atoms with Crippen LogP contribution < -0.4 is 10.2 Å². The quantitative estimate of drug-likeness (QED) is 0.163. The minimum absolute atomic E-state index is 0.0373. The standard InChI is InChI=1S/C39H57N5O3S/c1-27(2)37(39(45)40-19-6-5-8-28(3)31-11-13-32(14-12-31)38-29(4)41-26-48-38)35-24-36(42-47-35)44-22-15-30(16-23-44)25-43-20-17-34(18-21-43)46-33-9-7-10-33/h11-14,24,26-28,30,33-34,37H,5-10,15-23,25H2,1-4H3,(H,40,45). The van der Waals surface area contributed by atoms with Crippen LogP contribution in [0.5, 0.6) is 0 Å². The van der Waals surface area contributed by atoms with Gasteiger partial charge in [0, 0.05) is 45.3 Å². The lowest BCUT2D eigenvalue weighted by molar-refractivity contribution is -0.124. The number of hydrogen-bond donors (Lipinski definition) is 1. The summed E-state index contributed by atoms with van der Waals surface area (Å²) in [4.78, 5) is 24.0. The lowest BCUT2D eigenvalue weighted by Crippen LogP contribution is -2.43. The molecule has 2 aliphatic heterocycles. The molecule has 1 aromatic carbocycles. The third-order valence-corrected chi connectivity index (χ3v) is 12.0. The molecule has 262 valence electrons. The molecule has 3 aromatic rings. The minimum atomic E-state index is -0.334. The molecule has 1 aliphatic carbocycles. The highest BCUT2D eigenvalue weighted by Gasteiger charge is 2.31. The first-order chi connectivity index (χ1) is 23.3. The van der Waals surface area contributed by atoms with Crippen LogP contribution in [0.3, 0.4) is 0 Å². The molecule has 2 saturated heterocycles. The van der Waals surface area contributed by atoms with Crippen molar-refractivity contribution in [3.8, 4) is 10.4 Å². The second-order valence-electron chi connectivity index (χ2n) is 15.0. The molecule has 4 heterocycles. The van der Waals surface area contributed by atoms with Gasteiger partial charge in [0.1, 0.15) is 5.92 Å². The Morgan fingerprint density at radius 2 is 1.73 bits per heavy atom. The van der Waals surface area contributed by atoms with Crippen LogP contribution in [-0.2, 0) is 9.53 Å². The largest absolute Gasteiger partial charge is 0.375 e. The first-order valence-electron chi connectivity index (χ1n) is 18.7. The summed E-state index contributed by atoms with van der Waals surface area (Å²) in [7, 11) is 0. The topological polar surface area (TPSA) is 83.7 Å². The number of aromatic nitrogens is 2. The molecule has 2 unspecified atom stereocenters. The van der Waals surface area contributed by atoms with Crippen LogP contribution >= 0.6 is 11.3 Å². The molecular formula is C39H57N5O3S. The molecule has 0 bridgehead atoms. The molecular weight excluding hydrogens is 619 g/mol. The van der Waals surface area contributed by atoms with Gasteiger partial charge >= 0.3 is 0 Å². The lowest BCUT2D eigenvalue weighted by Gasteiger charge is -2.39. The molecule has 6 rings (SSSR count). The van der Waals surface area contributed by atoms with Gasteiger partial charge in [0.05, 0.1) is 28.3 Å². The van der Waals surface area contributed by atoms with E-state index in [2.05, 4.69) is 77.2 Å². The Balaban J connectivity index is 0.892. The number of carbonyl (C=O) groups is 1. The number of amides is 1. The second kappa shape index (κ2) is 16.8. The number of unbranched alkanes of at least 4 members (excludes halogenated alkanes) is 1. The normalized spacial score (nSPS) is 19.8. The van der Waals surface area contributed by atoms with Crippen molar-refractivity contribution >= 4 is 23.1 Å². The first kappa shape index (κ1) is 35.1. The number of benzene rings is 1. The average molecular weight is 676 g/mol. The van der Waals surface area contributed by atoms with Crippen molar-refractivity contribution in [2.45, 2.75) is 116 Å². The maximum Gasteiger partial charge on any atom is 0.231 e. The van der Waals surface area contributed by atoms with Gasteiger partial charge < -0.3 is 24.4 Å². The van der Waals surface area contributed by atoms with Gasteiger partial charge in [-0.1, -0.05) is 56.6 Å². The smallest absolute Gasteiger partial charge is 0.231 e. The Bertz CT molecular complexity index is 1420. The Hall–Kier alpha value is -2.75. The number of hydrogen-bond acceptors (Lipinski definition) is 8. The fraction of sp³-hybridized carbons (Fsp3) is 0.667. The number of rotatable bonds is 15. The molecule has 1 saturated carbocycles. The molecule has 0 radical (unpaired) electrons. The van der Waals surface area contributed by atoms with Crippen molar-refractivity contribution in [2.75, 3.05) is 44.2 Å². The Morgan fingerprint density at radius 1 is 1.00 bits per heavy atom. The number of thiazole rings is 1. The highest BCUT2D eigenvalue weighted by Crippen LogP contribution is 2.32. The van der Waals surface area contributed by atoms with Crippen molar-refractivity contribution in [1.29, 1.82) is 0 Å². The van der Waals surface area contributed by atoms with Crippen LogP contribution in [-0.4, -0.2) is 72.4 Å². The summed E-state index contributed by atoms with van der Waals surface area (Å²) in [5.74, 6) is 2.59. The van der Waals surface area contributed by atoms with Gasteiger partial charge in [0.2, 0.25) is 5.91 Å². The fourth-order valence-electron chi connectivity index (χ4n) is 7.66. The van der Waals surface area contributed by atoms with E-state index in [0.29, 0.717) is 30.4 Å². The number of ether oxygens (including phenoxy) is 1. The van der Waals surface area contributed by atoms with Crippen LogP contribution in [0.15, 0.2) is 40.4 Å². The molecule has 9 heteroatoms. The first-order valence-corrected chi connectivity index (χ1v) is 19.6. The minimum Gasteiger partial charge on any atom is -0.375 e. The van der Waals surface area contributed by atoms with Crippen molar-refractivity contribution in [1.82, 2.24) is 20.4 Å². The number of nitrogens with zero attached hydrogens (tertiary/aromatic N) is 4. The van der Waals surface area contributed by atoms with Crippen molar-refractivity contribution in [2.24, 2.45) is 11.8 Å². The van der Waals surface area contributed by atoms with Gasteiger partial charge in [0.15, 0.2) is 11.6 Å². The molecule has 48 heavy (non-hydrogen) atoms. The Kier molecular flexibility index (Phi) is 12.3. The van der Waals surface area contributed by atoms with Gasteiger partial charge in [-0.25, -0.2) is 4.98 Å². The zero-order chi connectivity index (χ0) is 33.5. The van der Waals surface area contributed by atoms with Gasteiger partial charge in [0.25, 0.3) is 0 Å². The molecule has 0 spiro atoms. The zero-order valence-corrected chi connectivity index (χ0v) is 30.5. The number of anilines is 1. The van der Waals surface area contributed by atoms with E-state index in [1.807, 2.05) is 11.6 Å². The monoisotopic (exact) mass is 675 g/mol. The van der Waals surface area contributed by atoms with E-state index in [9.17, 15) is 4.79 Å². The molecule has 1 N–H and O–H groups in total. The highest BCUT2D eigenvalue weighted by atomic mass is 32.1. The van der Waals surface area contributed by atoms with E-state index in [1.165, 1.54) is 80.6 Å². The van der Waals surface area contributed by atoms with Crippen LogP contribution in [0.25, 0.3) is 10.4 Å². The van der Waals surface area contributed by atoms with E-state index in [0.717, 1.165) is 49.8 Å². The summed E-state index contributed by atoms with van der Waals surface area (Å²) in [5.41, 5.74) is 5.60. The zero-order valence-electron chi connectivity index (χ0n) is 29.7. The van der Waals surface area contributed by atoms with E-state index in [4.69, 9.17) is 9.26 Å². The average Bonchev–Trinajstić information content (AvgIpc) is 3.73. The number of piperidine rings is 2. The third-order valence-electron chi connectivity index (χ3n) is 11.0. The molecule has 3 aliphatic rings. The SMILES string of the molecule is Cc1ncsc1-c1ccc(C(C)CCCCNC(=O)C(c2cc(N3CCC(CN4CCC(OC5CCC5)CC4)CC3)no2)C(C)C)cc1. The van der Waals surface area contributed by atoms with Gasteiger partial charge in [-0.15, -0.1) is 11.3 Å². The van der Waals surface area contributed by atoms with E-state index in [-0.39, 0.29) is 17.7 Å². The molecule has 2 atom stereocenters. The maximum atomic E-state index is 13.3. The van der Waals surface area contributed by atoms with Gasteiger partial charge in [-0.2, -0.15) is 0 Å². The van der Waals surface area contributed by atoms with Crippen LogP contribution in [0.4, 0.5) is 5.82 Å². The summed E-state index contributed by atoms with van der Waals surface area (Å²) < 4.78 is 12.1. The molecule has 2 aromatic heterocycles. The molecule has 3 fully saturated rings. The van der Waals surface area contributed by atoms with Crippen LogP contribution in [0.2, 0.25) is 0 Å². The van der Waals surface area contributed by atoms with Gasteiger partial charge in [-0.05, 0) is 93.6 Å². The van der Waals surface area contributed by atoms with Crippen LogP contribution in [0.1, 0.15) is 114 Å². The lowest BCUT2D eigenvalue weighted by atomic mass is 9.92. The van der Waals surface area contributed by atoms with Gasteiger partial charge in [-0.3, -0.25) is 4.79 Å². The Morgan fingerprint density at radius 3 is 2.38 bits per heavy atom. The van der Waals surface area contributed by atoms with E-state index < -0.39 is 0 Å². The third kappa shape index (κ3) is 9.07. The fourth-order valence-corrected chi connectivity index (χ4v) is 8.47. The van der Waals surface area contributed by atoms with Crippen molar-refractivity contribution in [3.63, 3.8) is 0 Å². The summed E-state index contributed by atoms with van der Waals surface area (Å²) >= 11 is 1.69.